The number of rotatable bonds is 4. The standard InChI is InChI=1S/C15H20N2S/c1-5-16-9-14-12(4)17-15(18-14)13-8-10(2)6-7-11(13)3/h6-8,16H,5,9H2,1-4H3. The Hall–Kier alpha value is -1.19. The molecule has 2 nitrogen and oxygen atoms in total. The van der Waals surface area contributed by atoms with Gasteiger partial charge in [0.1, 0.15) is 5.01 Å². The lowest BCUT2D eigenvalue weighted by Gasteiger charge is -2.03. The van der Waals surface area contributed by atoms with Gasteiger partial charge in [0.25, 0.3) is 0 Å². The van der Waals surface area contributed by atoms with Gasteiger partial charge in [-0.1, -0.05) is 24.6 Å². The number of thiazole rings is 1. The van der Waals surface area contributed by atoms with E-state index < -0.39 is 0 Å². The molecule has 1 heterocycles. The molecule has 0 amide bonds. The maximum atomic E-state index is 4.71. The van der Waals surface area contributed by atoms with Crippen LogP contribution in [0.5, 0.6) is 0 Å². The van der Waals surface area contributed by atoms with Gasteiger partial charge in [0, 0.05) is 17.0 Å². The zero-order valence-electron chi connectivity index (χ0n) is 11.5. The molecule has 0 bridgehead atoms. The Morgan fingerprint density at radius 3 is 2.72 bits per heavy atom. The lowest BCUT2D eigenvalue weighted by molar-refractivity contribution is 0.731. The van der Waals surface area contributed by atoms with E-state index in [-0.39, 0.29) is 0 Å². The zero-order valence-corrected chi connectivity index (χ0v) is 12.3. The Labute approximate surface area is 113 Å². The summed E-state index contributed by atoms with van der Waals surface area (Å²) in [5, 5.41) is 4.51. The molecule has 96 valence electrons. The van der Waals surface area contributed by atoms with Crippen LogP contribution in [0.1, 0.15) is 28.6 Å². The van der Waals surface area contributed by atoms with Crippen molar-refractivity contribution in [2.45, 2.75) is 34.2 Å². The van der Waals surface area contributed by atoms with Crippen molar-refractivity contribution in [3.63, 3.8) is 0 Å². The third-order valence-electron chi connectivity index (χ3n) is 3.05. The van der Waals surface area contributed by atoms with Gasteiger partial charge in [-0.05, 0) is 38.9 Å². The van der Waals surface area contributed by atoms with E-state index in [9.17, 15) is 0 Å². The number of hydrogen-bond donors (Lipinski definition) is 1. The van der Waals surface area contributed by atoms with Gasteiger partial charge < -0.3 is 5.32 Å². The highest BCUT2D eigenvalue weighted by atomic mass is 32.1. The summed E-state index contributed by atoms with van der Waals surface area (Å²) in [5.41, 5.74) is 5.00. The van der Waals surface area contributed by atoms with Crippen LogP contribution in [0.4, 0.5) is 0 Å². The molecule has 1 aromatic carbocycles. The topological polar surface area (TPSA) is 24.9 Å². The average Bonchev–Trinajstić information content (AvgIpc) is 2.71. The molecule has 1 aromatic heterocycles. The highest BCUT2D eigenvalue weighted by molar-refractivity contribution is 7.15. The molecule has 0 aliphatic rings. The number of aryl methyl sites for hydroxylation is 3. The smallest absolute Gasteiger partial charge is 0.124 e. The van der Waals surface area contributed by atoms with Crippen LogP contribution in [0.15, 0.2) is 18.2 Å². The quantitative estimate of drug-likeness (QED) is 0.903. The van der Waals surface area contributed by atoms with Crippen LogP contribution in [0.2, 0.25) is 0 Å². The number of nitrogens with one attached hydrogen (secondary N) is 1. The van der Waals surface area contributed by atoms with E-state index >= 15 is 0 Å². The first kappa shape index (κ1) is 13.2. The number of nitrogens with zero attached hydrogens (tertiary/aromatic N) is 1. The normalized spacial score (nSPS) is 10.9. The molecule has 2 rings (SSSR count). The second-order valence-electron chi connectivity index (χ2n) is 4.63. The highest BCUT2D eigenvalue weighted by Crippen LogP contribution is 2.30. The van der Waals surface area contributed by atoms with Crippen LogP contribution in [0, 0.1) is 20.8 Å². The van der Waals surface area contributed by atoms with Crippen molar-refractivity contribution in [1.29, 1.82) is 0 Å². The van der Waals surface area contributed by atoms with Gasteiger partial charge in [-0.3, -0.25) is 0 Å². The van der Waals surface area contributed by atoms with Crippen LogP contribution in [-0.4, -0.2) is 11.5 Å². The summed E-state index contributed by atoms with van der Waals surface area (Å²) in [4.78, 5) is 6.05. The van der Waals surface area contributed by atoms with Crippen LogP contribution in [0.25, 0.3) is 10.6 Å². The molecule has 2 aromatic rings. The Morgan fingerprint density at radius 1 is 1.22 bits per heavy atom. The molecule has 0 radical (unpaired) electrons. The van der Waals surface area contributed by atoms with Gasteiger partial charge >= 0.3 is 0 Å². The van der Waals surface area contributed by atoms with E-state index in [0.29, 0.717) is 0 Å². The molecule has 0 atom stereocenters. The third kappa shape index (κ3) is 2.79. The summed E-state index contributed by atoms with van der Waals surface area (Å²) in [6.45, 7) is 10.4. The molecule has 3 heteroatoms. The second kappa shape index (κ2) is 5.63. The Morgan fingerprint density at radius 2 is 2.00 bits per heavy atom. The number of hydrogen-bond acceptors (Lipinski definition) is 3. The molecule has 0 aliphatic heterocycles. The summed E-state index contributed by atoms with van der Waals surface area (Å²) >= 11 is 1.80. The lowest BCUT2D eigenvalue weighted by Crippen LogP contribution is -2.11. The first-order chi connectivity index (χ1) is 8.61. The average molecular weight is 260 g/mol. The third-order valence-corrected chi connectivity index (χ3v) is 4.24. The summed E-state index contributed by atoms with van der Waals surface area (Å²) in [7, 11) is 0. The summed E-state index contributed by atoms with van der Waals surface area (Å²) in [5.74, 6) is 0. The van der Waals surface area contributed by atoms with E-state index in [1.807, 2.05) is 0 Å². The van der Waals surface area contributed by atoms with E-state index in [1.54, 1.807) is 11.3 Å². The minimum atomic E-state index is 0.921. The van der Waals surface area contributed by atoms with Crippen molar-refractivity contribution in [2.75, 3.05) is 6.54 Å². The van der Waals surface area contributed by atoms with Gasteiger partial charge in [0.2, 0.25) is 0 Å². The fourth-order valence-electron chi connectivity index (χ4n) is 1.91. The summed E-state index contributed by atoms with van der Waals surface area (Å²) in [6.07, 6.45) is 0. The SMILES string of the molecule is CCNCc1sc(-c2cc(C)ccc2C)nc1C. The Kier molecular flexibility index (Phi) is 4.15. The molecular formula is C15H20N2S. The van der Waals surface area contributed by atoms with Gasteiger partial charge in [-0.2, -0.15) is 0 Å². The minimum Gasteiger partial charge on any atom is -0.312 e. The number of aromatic nitrogens is 1. The monoisotopic (exact) mass is 260 g/mol. The zero-order chi connectivity index (χ0) is 13.1. The largest absolute Gasteiger partial charge is 0.312 e. The predicted molar refractivity (Wildman–Crippen MR) is 79.1 cm³/mol. The Balaban J connectivity index is 2.36. The molecule has 0 spiro atoms. The van der Waals surface area contributed by atoms with Gasteiger partial charge in [-0.25, -0.2) is 4.98 Å². The molecule has 0 saturated heterocycles. The first-order valence-electron chi connectivity index (χ1n) is 6.36. The molecule has 1 N–H and O–H groups in total. The minimum absolute atomic E-state index is 0.921. The predicted octanol–water partition coefficient (Wildman–Crippen LogP) is 3.84. The lowest BCUT2D eigenvalue weighted by atomic mass is 10.1. The van der Waals surface area contributed by atoms with Crippen molar-refractivity contribution in [3.8, 4) is 10.6 Å². The van der Waals surface area contributed by atoms with E-state index in [4.69, 9.17) is 4.98 Å². The van der Waals surface area contributed by atoms with Crippen molar-refractivity contribution in [2.24, 2.45) is 0 Å². The van der Waals surface area contributed by atoms with Crippen LogP contribution >= 0.6 is 11.3 Å². The van der Waals surface area contributed by atoms with Gasteiger partial charge in [0.15, 0.2) is 0 Å². The van der Waals surface area contributed by atoms with Gasteiger partial charge in [-0.15, -0.1) is 11.3 Å². The molecular weight excluding hydrogens is 240 g/mol. The summed E-state index contributed by atoms with van der Waals surface area (Å²) < 4.78 is 0. The molecule has 0 saturated carbocycles. The van der Waals surface area contributed by atoms with Crippen LogP contribution < -0.4 is 5.32 Å². The molecule has 0 aliphatic carbocycles. The fraction of sp³-hybridized carbons (Fsp3) is 0.400. The van der Waals surface area contributed by atoms with E-state index in [0.717, 1.165) is 23.8 Å². The van der Waals surface area contributed by atoms with Crippen LogP contribution in [0.3, 0.4) is 0 Å². The van der Waals surface area contributed by atoms with Crippen molar-refractivity contribution >= 4 is 11.3 Å². The van der Waals surface area contributed by atoms with Crippen molar-refractivity contribution in [1.82, 2.24) is 10.3 Å². The second-order valence-corrected chi connectivity index (χ2v) is 5.71. The van der Waals surface area contributed by atoms with Gasteiger partial charge in [0.05, 0.1) is 5.69 Å². The van der Waals surface area contributed by atoms with E-state index in [1.165, 1.54) is 21.6 Å². The molecule has 0 fully saturated rings. The first-order valence-corrected chi connectivity index (χ1v) is 7.18. The summed E-state index contributed by atoms with van der Waals surface area (Å²) in [6, 6.07) is 6.55. The highest BCUT2D eigenvalue weighted by Gasteiger charge is 2.11. The van der Waals surface area contributed by atoms with E-state index in [2.05, 4.69) is 51.2 Å². The Bertz CT molecular complexity index is 543. The van der Waals surface area contributed by atoms with Crippen molar-refractivity contribution < 1.29 is 0 Å². The maximum absolute atomic E-state index is 4.71. The molecule has 18 heavy (non-hydrogen) atoms. The maximum Gasteiger partial charge on any atom is 0.124 e. The molecule has 0 unspecified atom stereocenters. The van der Waals surface area contributed by atoms with Crippen molar-refractivity contribution in [3.05, 3.63) is 39.9 Å². The van der Waals surface area contributed by atoms with Crippen LogP contribution in [-0.2, 0) is 6.54 Å². The number of benzene rings is 1. The fourth-order valence-corrected chi connectivity index (χ4v) is 3.03.